The van der Waals surface area contributed by atoms with Crippen LogP contribution in [-0.2, 0) is 5.60 Å². The zero-order chi connectivity index (χ0) is 11.9. The maximum atomic E-state index is 13.0. The van der Waals surface area contributed by atoms with Crippen LogP contribution in [0.25, 0.3) is 0 Å². The van der Waals surface area contributed by atoms with Crippen molar-refractivity contribution in [1.29, 1.82) is 0 Å². The van der Waals surface area contributed by atoms with Crippen LogP contribution in [0.3, 0.4) is 0 Å². The zero-order valence-corrected chi connectivity index (χ0v) is 10.7. The number of rotatable bonds is 2. The molecule has 0 bridgehead atoms. The Morgan fingerprint density at radius 2 is 1.80 bits per heavy atom. The molecule has 0 radical (unpaired) electrons. The van der Waals surface area contributed by atoms with Crippen molar-refractivity contribution in [1.82, 2.24) is 0 Å². The van der Waals surface area contributed by atoms with Crippen molar-refractivity contribution >= 4 is 39.1 Å². The molecule has 1 N–H and O–H groups in total. The molecule has 0 fully saturated rings. The van der Waals surface area contributed by atoms with Gasteiger partial charge in [-0.05, 0) is 40.5 Å². The predicted octanol–water partition coefficient (Wildman–Crippen LogP) is 4.19. The molecule has 15 heavy (non-hydrogen) atoms. The van der Waals surface area contributed by atoms with E-state index in [0.717, 1.165) is 6.92 Å². The summed E-state index contributed by atoms with van der Waals surface area (Å²) in [6, 6.07) is 3.86. The number of alkyl halides is 3. The molecular weight excluding hydrogens is 313 g/mol. The summed E-state index contributed by atoms with van der Waals surface area (Å²) in [5.41, 5.74) is -2.36. The van der Waals surface area contributed by atoms with Crippen molar-refractivity contribution in [3.8, 4) is 0 Å². The van der Waals surface area contributed by atoms with E-state index >= 15 is 0 Å². The van der Waals surface area contributed by atoms with Gasteiger partial charge in [-0.3, -0.25) is 0 Å². The summed E-state index contributed by atoms with van der Waals surface area (Å²) in [6.07, 6.45) is 0. The molecule has 0 aliphatic heterocycles. The highest BCUT2D eigenvalue weighted by Gasteiger charge is 2.48. The Morgan fingerprint density at radius 1 is 1.27 bits per heavy atom. The second-order valence-corrected chi connectivity index (χ2v) is 5.01. The summed E-state index contributed by atoms with van der Waals surface area (Å²) >= 11 is 13.4. The van der Waals surface area contributed by atoms with Crippen LogP contribution in [0.2, 0.25) is 10.0 Å². The van der Waals surface area contributed by atoms with Crippen LogP contribution in [0.1, 0.15) is 12.5 Å². The van der Waals surface area contributed by atoms with E-state index in [1.54, 1.807) is 0 Å². The summed E-state index contributed by atoms with van der Waals surface area (Å²) in [5.74, 6) is 0. The molecule has 0 aliphatic rings. The fourth-order valence-electron chi connectivity index (χ4n) is 0.963. The predicted molar refractivity (Wildman–Crippen MR) is 59.9 cm³/mol. The van der Waals surface area contributed by atoms with Gasteiger partial charge in [0.05, 0.1) is 10.0 Å². The Hall–Kier alpha value is 0.1000. The second kappa shape index (κ2) is 4.17. The van der Waals surface area contributed by atoms with Gasteiger partial charge in [-0.15, -0.1) is 0 Å². The third-order valence-corrected chi connectivity index (χ3v) is 3.54. The Labute approximate surface area is 104 Å². The summed E-state index contributed by atoms with van der Waals surface area (Å²) in [4.78, 5) is -3.45. The van der Waals surface area contributed by atoms with E-state index in [2.05, 4.69) is 15.9 Å². The van der Waals surface area contributed by atoms with Crippen molar-refractivity contribution in [3.05, 3.63) is 33.8 Å². The number of aliphatic hydroxyl groups is 1. The Balaban J connectivity index is 3.22. The van der Waals surface area contributed by atoms with E-state index in [4.69, 9.17) is 23.2 Å². The van der Waals surface area contributed by atoms with Crippen LogP contribution in [0.5, 0.6) is 0 Å². The largest absolute Gasteiger partial charge is 0.378 e. The normalized spacial score (nSPS) is 16.2. The maximum Gasteiger partial charge on any atom is 0.333 e. The molecule has 0 spiro atoms. The van der Waals surface area contributed by atoms with Gasteiger partial charge >= 0.3 is 4.83 Å². The quantitative estimate of drug-likeness (QED) is 0.810. The summed E-state index contributed by atoms with van der Waals surface area (Å²) in [7, 11) is 0. The molecule has 0 aromatic heterocycles. The highest BCUT2D eigenvalue weighted by Crippen LogP contribution is 2.43. The van der Waals surface area contributed by atoms with E-state index < -0.39 is 10.4 Å². The first kappa shape index (κ1) is 13.2. The van der Waals surface area contributed by atoms with Crippen LogP contribution in [0.4, 0.5) is 8.78 Å². The fraction of sp³-hybridized carbons (Fsp3) is 0.333. The van der Waals surface area contributed by atoms with Gasteiger partial charge in [0.2, 0.25) is 0 Å². The second-order valence-electron chi connectivity index (χ2n) is 3.20. The lowest BCUT2D eigenvalue weighted by Crippen LogP contribution is -2.37. The minimum atomic E-state index is -3.45. The van der Waals surface area contributed by atoms with E-state index in [9.17, 15) is 13.9 Å². The van der Waals surface area contributed by atoms with Gasteiger partial charge in [0.25, 0.3) is 0 Å². The van der Waals surface area contributed by atoms with Crippen molar-refractivity contribution in [2.75, 3.05) is 0 Å². The lowest BCUT2D eigenvalue weighted by atomic mass is 9.97. The molecule has 1 unspecified atom stereocenters. The number of hydrogen-bond donors (Lipinski definition) is 1. The molecule has 0 saturated carbocycles. The van der Waals surface area contributed by atoms with Crippen molar-refractivity contribution in [2.24, 2.45) is 0 Å². The maximum absolute atomic E-state index is 13.0. The van der Waals surface area contributed by atoms with Gasteiger partial charge in [0, 0.05) is 0 Å². The third-order valence-electron chi connectivity index (χ3n) is 2.03. The minimum absolute atomic E-state index is 0.0150. The monoisotopic (exact) mass is 318 g/mol. The molecule has 6 heteroatoms. The average molecular weight is 320 g/mol. The lowest BCUT2D eigenvalue weighted by molar-refractivity contribution is -0.109. The Morgan fingerprint density at radius 3 is 2.20 bits per heavy atom. The lowest BCUT2D eigenvalue weighted by Gasteiger charge is -2.28. The number of halogens is 5. The molecular formula is C9H7BrCl2F2O. The molecule has 1 aromatic carbocycles. The van der Waals surface area contributed by atoms with E-state index in [1.807, 2.05) is 0 Å². The third kappa shape index (κ3) is 2.61. The van der Waals surface area contributed by atoms with Gasteiger partial charge in [0.15, 0.2) is 5.60 Å². The van der Waals surface area contributed by atoms with Crippen molar-refractivity contribution in [2.45, 2.75) is 17.4 Å². The smallest absolute Gasteiger partial charge is 0.333 e. The molecule has 0 heterocycles. The molecule has 1 nitrogen and oxygen atoms in total. The van der Waals surface area contributed by atoms with Gasteiger partial charge in [-0.1, -0.05) is 29.3 Å². The standard InChI is InChI=1S/C9H7BrCl2F2O/c1-8(15,9(10,13)14)5-2-3-6(11)7(12)4-5/h2-4,15H,1H3. The molecule has 0 amide bonds. The number of hydrogen-bond acceptors (Lipinski definition) is 1. The highest BCUT2D eigenvalue weighted by molar-refractivity contribution is 9.10. The summed E-state index contributed by atoms with van der Waals surface area (Å²) < 4.78 is 26.0. The Kier molecular flexibility index (Phi) is 3.66. The first-order valence-electron chi connectivity index (χ1n) is 3.91. The number of benzene rings is 1. The van der Waals surface area contributed by atoms with Gasteiger partial charge < -0.3 is 5.11 Å². The SMILES string of the molecule is CC(O)(c1ccc(Cl)c(Cl)c1)C(F)(F)Br. The molecule has 1 atom stereocenters. The van der Waals surface area contributed by atoms with Crippen LogP contribution in [0, 0.1) is 0 Å². The van der Waals surface area contributed by atoms with Gasteiger partial charge in [-0.2, -0.15) is 8.78 Å². The van der Waals surface area contributed by atoms with Gasteiger partial charge in [0.1, 0.15) is 0 Å². The average Bonchev–Trinajstić information content (AvgIpc) is 2.07. The molecule has 1 rings (SSSR count). The van der Waals surface area contributed by atoms with Crippen LogP contribution < -0.4 is 0 Å². The summed E-state index contributed by atoms with van der Waals surface area (Å²) in [5, 5.41) is 10.0. The molecule has 1 aromatic rings. The first-order chi connectivity index (χ1) is 6.66. The first-order valence-corrected chi connectivity index (χ1v) is 5.46. The molecule has 84 valence electrons. The van der Waals surface area contributed by atoms with E-state index in [0.29, 0.717) is 0 Å². The summed E-state index contributed by atoms with van der Waals surface area (Å²) in [6.45, 7) is 0.987. The molecule has 0 aliphatic carbocycles. The van der Waals surface area contributed by atoms with Crippen molar-refractivity contribution in [3.63, 3.8) is 0 Å². The van der Waals surface area contributed by atoms with E-state index in [1.165, 1.54) is 18.2 Å². The van der Waals surface area contributed by atoms with E-state index in [-0.39, 0.29) is 15.6 Å². The fourth-order valence-corrected chi connectivity index (χ4v) is 1.49. The zero-order valence-electron chi connectivity index (χ0n) is 7.57. The van der Waals surface area contributed by atoms with Crippen LogP contribution in [-0.4, -0.2) is 9.94 Å². The molecule has 0 saturated heterocycles. The Bertz CT molecular complexity index is 377. The van der Waals surface area contributed by atoms with Crippen molar-refractivity contribution < 1.29 is 13.9 Å². The van der Waals surface area contributed by atoms with Crippen LogP contribution in [0.15, 0.2) is 18.2 Å². The highest BCUT2D eigenvalue weighted by atomic mass is 79.9. The van der Waals surface area contributed by atoms with Crippen LogP contribution >= 0.6 is 39.1 Å². The van der Waals surface area contributed by atoms with Gasteiger partial charge in [-0.25, -0.2) is 0 Å². The minimum Gasteiger partial charge on any atom is -0.378 e. The topological polar surface area (TPSA) is 20.2 Å².